The van der Waals surface area contributed by atoms with Crippen LogP contribution in [-0.2, 0) is 0 Å². The zero-order valence-corrected chi connectivity index (χ0v) is 35.3. The van der Waals surface area contributed by atoms with E-state index in [1.165, 1.54) is 114 Å². The van der Waals surface area contributed by atoms with E-state index in [-0.39, 0.29) is 0 Å². The molecular weight excluding hydrogens is 765 g/mol. The van der Waals surface area contributed by atoms with Gasteiger partial charge in [0.1, 0.15) is 0 Å². The van der Waals surface area contributed by atoms with Crippen LogP contribution >= 0.6 is 0 Å². The smallest absolute Gasteiger partial charge is 0.179 e. The van der Waals surface area contributed by atoms with Crippen molar-refractivity contribution in [3.05, 3.63) is 230 Å². The lowest BCUT2D eigenvalue weighted by Gasteiger charge is -2.35. The number of aryl methyl sites for hydroxylation is 1. The SMILES string of the molecule is Cc1ccc([Si](c2ccc(-c3ccccc3)cc2)(c2ccc(-n3c4cccc5ccc6cccc3c6c54)cc2)c2ccc(-n3c4cccc5ccc6cccc3c6c54)cc2)cc1. The third kappa shape index (κ3) is 4.97. The van der Waals surface area contributed by atoms with Crippen LogP contribution in [0.1, 0.15) is 5.56 Å². The number of hydrogen-bond acceptors (Lipinski definition) is 0. The fraction of sp³-hybridized carbons (Fsp3) is 0.0169. The van der Waals surface area contributed by atoms with Gasteiger partial charge < -0.3 is 9.13 Å². The zero-order chi connectivity index (χ0) is 40.9. The molecule has 290 valence electrons. The Kier molecular flexibility index (Phi) is 7.57. The quantitative estimate of drug-likeness (QED) is 0.0863. The van der Waals surface area contributed by atoms with Gasteiger partial charge in [0.2, 0.25) is 0 Å². The average Bonchev–Trinajstić information content (AvgIpc) is 3.87. The van der Waals surface area contributed by atoms with Crippen molar-refractivity contribution < 1.29 is 0 Å². The highest BCUT2D eigenvalue weighted by Crippen LogP contribution is 2.40. The molecule has 3 heteroatoms. The van der Waals surface area contributed by atoms with Crippen LogP contribution in [0.2, 0.25) is 0 Å². The van der Waals surface area contributed by atoms with E-state index in [4.69, 9.17) is 0 Å². The molecule has 62 heavy (non-hydrogen) atoms. The van der Waals surface area contributed by atoms with Crippen molar-refractivity contribution in [1.82, 2.24) is 9.13 Å². The third-order valence-electron chi connectivity index (χ3n) is 13.7. The number of nitrogens with zero attached hydrogens (tertiary/aromatic N) is 2. The summed E-state index contributed by atoms with van der Waals surface area (Å²) in [6.07, 6.45) is 0. The van der Waals surface area contributed by atoms with Crippen molar-refractivity contribution in [1.29, 1.82) is 0 Å². The maximum atomic E-state index is 2.46. The molecule has 13 aromatic rings. The molecule has 2 nitrogen and oxygen atoms in total. The van der Waals surface area contributed by atoms with Crippen LogP contribution in [0.4, 0.5) is 0 Å². The van der Waals surface area contributed by atoms with Crippen molar-refractivity contribution in [2.75, 3.05) is 0 Å². The maximum absolute atomic E-state index is 2.93. The van der Waals surface area contributed by atoms with Gasteiger partial charge in [-0.15, -0.1) is 0 Å². The number of benzene rings is 11. The van der Waals surface area contributed by atoms with E-state index in [1.54, 1.807) is 0 Å². The monoisotopic (exact) mass is 804 g/mol. The number of hydrogen-bond donors (Lipinski definition) is 0. The molecule has 2 heterocycles. The van der Waals surface area contributed by atoms with Gasteiger partial charge in [0.05, 0.1) is 22.1 Å². The normalized spacial score (nSPS) is 12.3. The summed E-state index contributed by atoms with van der Waals surface area (Å²) in [4.78, 5) is 0. The molecule has 0 radical (unpaired) electrons. The molecule has 0 aliphatic rings. The summed E-state index contributed by atoms with van der Waals surface area (Å²) in [7, 11) is -2.93. The van der Waals surface area contributed by atoms with Gasteiger partial charge in [0.15, 0.2) is 8.07 Å². The van der Waals surface area contributed by atoms with E-state index in [1.807, 2.05) is 0 Å². The lowest BCUT2D eigenvalue weighted by atomic mass is 10.0. The first kappa shape index (κ1) is 35.1. The average molecular weight is 805 g/mol. The Morgan fingerprint density at radius 2 is 0.597 bits per heavy atom. The van der Waals surface area contributed by atoms with E-state index in [0.29, 0.717) is 0 Å². The van der Waals surface area contributed by atoms with Crippen LogP contribution in [0.25, 0.3) is 87.7 Å². The Labute approximate surface area is 360 Å². The van der Waals surface area contributed by atoms with E-state index >= 15 is 0 Å². The fourth-order valence-electron chi connectivity index (χ4n) is 10.9. The molecule has 0 N–H and O–H groups in total. The van der Waals surface area contributed by atoms with Crippen molar-refractivity contribution >= 4 is 94.0 Å². The second kappa shape index (κ2) is 13.4. The van der Waals surface area contributed by atoms with Gasteiger partial charge in [-0.2, -0.15) is 0 Å². The molecule has 0 unspecified atom stereocenters. The lowest BCUT2D eigenvalue weighted by Crippen LogP contribution is -2.74. The molecular formula is C59H40N2Si. The second-order valence-electron chi connectivity index (χ2n) is 17.0. The second-order valence-corrected chi connectivity index (χ2v) is 20.8. The van der Waals surface area contributed by atoms with Crippen molar-refractivity contribution in [2.24, 2.45) is 0 Å². The van der Waals surface area contributed by atoms with Crippen molar-refractivity contribution in [2.45, 2.75) is 6.92 Å². The molecule has 0 atom stereocenters. The molecule has 0 spiro atoms. The predicted molar refractivity (Wildman–Crippen MR) is 266 cm³/mol. The van der Waals surface area contributed by atoms with Gasteiger partial charge in [0, 0.05) is 32.9 Å². The Bertz CT molecular complexity index is 3440. The predicted octanol–water partition coefficient (Wildman–Crippen LogP) is 12.4. The molecule has 0 aliphatic heterocycles. The third-order valence-corrected chi connectivity index (χ3v) is 18.5. The van der Waals surface area contributed by atoms with Gasteiger partial charge in [-0.25, -0.2) is 0 Å². The number of aromatic nitrogens is 2. The summed E-state index contributed by atoms with van der Waals surface area (Å²) in [6.45, 7) is 2.19. The molecule has 0 amide bonds. The van der Waals surface area contributed by atoms with Crippen molar-refractivity contribution in [3.8, 4) is 22.5 Å². The highest BCUT2D eigenvalue weighted by atomic mass is 28.3. The van der Waals surface area contributed by atoms with Gasteiger partial charge in [-0.1, -0.05) is 181 Å². The Balaban J connectivity index is 1.04. The summed E-state index contributed by atoms with van der Waals surface area (Å²) in [5.41, 5.74) is 11.0. The molecule has 11 aromatic carbocycles. The van der Waals surface area contributed by atoms with E-state index < -0.39 is 8.07 Å². The van der Waals surface area contributed by atoms with Crippen LogP contribution in [-0.4, -0.2) is 17.2 Å². The van der Waals surface area contributed by atoms with Crippen molar-refractivity contribution in [3.63, 3.8) is 0 Å². The summed E-state index contributed by atoms with van der Waals surface area (Å²) in [6, 6.07) is 84.6. The van der Waals surface area contributed by atoms with Crippen LogP contribution in [0.5, 0.6) is 0 Å². The first-order valence-corrected chi connectivity index (χ1v) is 23.6. The van der Waals surface area contributed by atoms with Crippen LogP contribution in [0.15, 0.2) is 224 Å². The summed E-state index contributed by atoms with van der Waals surface area (Å²) >= 11 is 0. The molecule has 13 rings (SSSR count). The van der Waals surface area contributed by atoms with Crippen LogP contribution in [0, 0.1) is 6.92 Å². The molecule has 2 aromatic heterocycles. The molecule has 0 bridgehead atoms. The van der Waals surface area contributed by atoms with Gasteiger partial charge in [0.25, 0.3) is 0 Å². The molecule has 0 fully saturated rings. The Morgan fingerprint density at radius 1 is 0.274 bits per heavy atom. The highest BCUT2D eigenvalue weighted by molar-refractivity contribution is 7.19. The van der Waals surface area contributed by atoms with Gasteiger partial charge >= 0.3 is 0 Å². The minimum Gasteiger partial charge on any atom is -0.309 e. The summed E-state index contributed by atoms with van der Waals surface area (Å²) in [5, 5.41) is 15.9. The van der Waals surface area contributed by atoms with E-state index in [0.717, 1.165) is 0 Å². The minimum absolute atomic E-state index is 1.17. The summed E-state index contributed by atoms with van der Waals surface area (Å²) < 4.78 is 4.92. The molecule has 0 saturated heterocycles. The number of rotatable bonds is 7. The maximum Gasteiger partial charge on any atom is 0.179 e. The first-order chi connectivity index (χ1) is 30.6. The standard InChI is InChI=1S/C59H40N2Si/c1-39-19-31-48(32-20-39)62(49-33-25-41(26-34-49)40-9-3-2-4-10-40,50-35-27-46(28-36-50)60-52-15-5-11-42-21-22-43-12-6-16-53(60)57(43)56(42)52)51-37-29-47(30-38-51)61-54-17-7-13-44-23-24-45-14-8-18-55(61)59(45)58(44)54/h2-38H,1H3. The molecule has 0 saturated carbocycles. The first-order valence-electron chi connectivity index (χ1n) is 21.6. The highest BCUT2D eigenvalue weighted by Gasteiger charge is 2.41. The lowest BCUT2D eigenvalue weighted by molar-refractivity contribution is 1.18. The van der Waals surface area contributed by atoms with E-state index in [2.05, 4.69) is 241 Å². The van der Waals surface area contributed by atoms with Gasteiger partial charge in [-0.3, -0.25) is 0 Å². The van der Waals surface area contributed by atoms with Gasteiger partial charge in [-0.05, 0) is 109 Å². The fourth-order valence-corrected chi connectivity index (χ4v) is 15.5. The Morgan fingerprint density at radius 3 is 0.968 bits per heavy atom. The summed E-state index contributed by atoms with van der Waals surface area (Å²) in [5.74, 6) is 0. The molecule has 0 aliphatic carbocycles. The van der Waals surface area contributed by atoms with Crippen LogP contribution < -0.4 is 20.7 Å². The minimum atomic E-state index is -2.93. The van der Waals surface area contributed by atoms with Crippen LogP contribution in [0.3, 0.4) is 0 Å². The topological polar surface area (TPSA) is 9.86 Å². The zero-order valence-electron chi connectivity index (χ0n) is 34.3. The largest absolute Gasteiger partial charge is 0.309 e. The Hall–Kier alpha value is -7.72. The van der Waals surface area contributed by atoms with E-state index in [9.17, 15) is 0 Å².